The van der Waals surface area contributed by atoms with Crippen molar-refractivity contribution in [2.24, 2.45) is 0 Å². The fourth-order valence-corrected chi connectivity index (χ4v) is 2.65. The first-order valence-electron chi connectivity index (χ1n) is 7.74. The van der Waals surface area contributed by atoms with Crippen LogP contribution in [0.15, 0.2) is 48.5 Å². The highest BCUT2D eigenvalue weighted by atomic mass is 16.1. The molecular formula is C20H21NO. The molecule has 3 rings (SSSR count). The quantitative estimate of drug-likeness (QED) is 0.672. The molecule has 1 N–H and O–H groups in total. The van der Waals surface area contributed by atoms with Crippen molar-refractivity contribution >= 4 is 16.7 Å². The highest BCUT2D eigenvalue weighted by Gasteiger charge is 2.09. The Hall–Kier alpha value is -2.35. The van der Waals surface area contributed by atoms with Crippen LogP contribution in [0.1, 0.15) is 46.9 Å². The number of fused-ring (bicyclic) bond motifs is 1. The largest absolute Gasteiger partial charge is 0.358 e. The van der Waals surface area contributed by atoms with Gasteiger partial charge in [0.2, 0.25) is 0 Å². The predicted molar refractivity (Wildman–Crippen MR) is 91.6 cm³/mol. The lowest BCUT2D eigenvalue weighted by Crippen LogP contribution is -2.03. The summed E-state index contributed by atoms with van der Waals surface area (Å²) in [6.07, 6.45) is 0.446. The van der Waals surface area contributed by atoms with Gasteiger partial charge in [-0.15, -0.1) is 0 Å². The van der Waals surface area contributed by atoms with Gasteiger partial charge in [0, 0.05) is 23.2 Å². The lowest BCUT2D eigenvalue weighted by molar-refractivity contribution is 0.0993. The molecule has 2 nitrogen and oxygen atoms in total. The van der Waals surface area contributed by atoms with E-state index in [2.05, 4.69) is 37.0 Å². The number of carbonyl (C=O) groups excluding carboxylic acids is 1. The average Bonchev–Trinajstić information content (AvgIpc) is 2.91. The van der Waals surface area contributed by atoms with Gasteiger partial charge in [0.05, 0.1) is 0 Å². The molecule has 0 aliphatic carbocycles. The van der Waals surface area contributed by atoms with E-state index < -0.39 is 0 Å². The Morgan fingerprint density at radius 2 is 1.77 bits per heavy atom. The second-order valence-corrected chi connectivity index (χ2v) is 6.27. The number of hydrogen-bond donors (Lipinski definition) is 1. The summed E-state index contributed by atoms with van der Waals surface area (Å²) >= 11 is 0. The van der Waals surface area contributed by atoms with Crippen LogP contribution >= 0.6 is 0 Å². The third-order valence-corrected chi connectivity index (χ3v) is 4.07. The Morgan fingerprint density at radius 1 is 1.05 bits per heavy atom. The van der Waals surface area contributed by atoms with Crippen LogP contribution in [0.3, 0.4) is 0 Å². The molecule has 0 atom stereocenters. The molecule has 0 spiro atoms. The average molecular weight is 291 g/mol. The highest BCUT2D eigenvalue weighted by Crippen LogP contribution is 2.22. The zero-order valence-electron chi connectivity index (χ0n) is 13.3. The molecule has 0 aliphatic heterocycles. The van der Waals surface area contributed by atoms with E-state index in [9.17, 15) is 4.79 Å². The number of aromatic amines is 1. The second kappa shape index (κ2) is 5.80. The molecule has 2 aromatic carbocycles. The molecule has 0 amide bonds. The summed E-state index contributed by atoms with van der Waals surface area (Å²) < 4.78 is 0. The summed E-state index contributed by atoms with van der Waals surface area (Å²) in [5.74, 6) is 0.643. The number of benzene rings is 2. The number of H-pyrrole nitrogens is 1. The minimum absolute atomic E-state index is 0.166. The van der Waals surface area contributed by atoms with Crippen LogP contribution in [-0.2, 0) is 6.42 Å². The van der Waals surface area contributed by atoms with E-state index >= 15 is 0 Å². The minimum Gasteiger partial charge on any atom is -0.358 e. The van der Waals surface area contributed by atoms with Gasteiger partial charge in [-0.05, 0) is 42.0 Å². The first-order valence-corrected chi connectivity index (χ1v) is 7.74. The second-order valence-electron chi connectivity index (χ2n) is 6.27. The topological polar surface area (TPSA) is 32.9 Å². The number of Topliss-reactive ketones (excluding diaryl/α,β-unsaturated/α-hetero) is 1. The molecule has 22 heavy (non-hydrogen) atoms. The molecule has 0 bridgehead atoms. The molecule has 0 radical (unpaired) electrons. The van der Waals surface area contributed by atoms with E-state index in [4.69, 9.17) is 0 Å². The van der Waals surface area contributed by atoms with Crippen molar-refractivity contribution in [1.82, 2.24) is 4.98 Å². The van der Waals surface area contributed by atoms with Crippen molar-refractivity contribution in [2.75, 3.05) is 0 Å². The Labute approximate surface area is 131 Å². The third kappa shape index (κ3) is 2.96. The van der Waals surface area contributed by atoms with Gasteiger partial charge >= 0.3 is 0 Å². The van der Waals surface area contributed by atoms with Crippen molar-refractivity contribution in [3.8, 4) is 0 Å². The SMILES string of the molecule is Cc1ccc(C(=O)Cc2ccc3[nH]c(C(C)C)cc3c2)cc1. The van der Waals surface area contributed by atoms with E-state index in [-0.39, 0.29) is 5.78 Å². The highest BCUT2D eigenvalue weighted by molar-refractivity contribution is 5.98. The molecule has 0 unspecified atom stereocenters. The number of rotatable bonds is 4. The molecule has 2 heteroatoms. The minimum atomic E-state index is 0.166. The fourth-order valence-electron chi connectivity index (χ4n) is 2.65. The summed E-state index contributed by atoms with van der Waals surface area (Å²) in [7, 11) is 0. The number of aryl methyl sites for hydroxylation is 1. The predicted octanol–water partition coefficient (Wildman–Crippen LogP) is 5.03. The molecule has 1 aromatic heterocycles. The van der Waals surface area contributed by atoms with Gasteiger partial charge < -0.3 is 4.98 Å². The van der Waals surface area contributed by atoms with Gasteiger partial charge in [-0.25, -0.2) is 0 Å². The van der Waals surface area contributed by atoms with E-state index in [0.29, 0.717) is 12.3 Å². The summed E-state index contributed by atoms with van der Waals surface area (Å²) in [6, 6.07) is 16.2. The van der Waals surface area contributed by atoms with Gasteiger partial charge in [0.25, 0.3) is 0 Å². The maximum atomic E-state index is 12.4. The van der Waals surface area contributed by atoms with Gasteiger partial charge in [-0.1, -0.05) is 49.7 Å². The molecule has 0 saturated heterocycles. The third-order valence-electron chi connectivity index (χ3n) is 4.07. The van der Waals surface area contributed by atoms with E-state index in [1.165, 1.54) is 16.6 Å². The normalized spacial score (nSPS) is 11.3. The van der Waals surface area contributed by atoms with Crippen LogP contribution in [0.2, 0.25) is 0 Å². The van der Waals surface area contributed by atoms with Crippen molar-refractivity contribution in [3.05, 3.63) is 70.9 Å². The van der Waals surface area contributed by atoms with Crippen LogP contribution in [0, 0.1) is 6.92 Å². The summed E-state index contributed by atoms with van der Waals surface area (Å²) in [5.41, 5.74) is 5.38. The van der Waals surface area contributed by atoms with Crippen LogP contribution in [0.5, 0.6) is 0 Å². The van der Waals surface area contributed by atoms with E-state index in [1.54, 1.807) is 0 Å². The number of nitrogens with one attached hydrogen (secondary N) is 1. The van der Waals surface area contributed by atoms with Crippen molar-refractivity contribution in [3.63, 3.8) is 0 Å². The van der Waals surface area contributed by atoms with E-state index in [0.717, 1.165) is 16.6 Å². The molecule has 0 saturated carbocycles. The summed E-state index contributed by atoms with van der Waals surface area (Å²) in [6.45, 7) is 6.37. The van der Waals surface area contributed by atoms with Gasteiger partial charge in [-0.2, -0.15) is 0 Å². The summed E-state index contributed by atoms with van der Waals surface area (Å²) in [4.78, 5) is 15.8. The van der Waals surface area contributed by atoms with Gasteiger partial charge in [0.15, 0.2) is 5.78 Å². The smallest absolute Gasteiger partial charge is 0.167 e. The Kier molecular flexibility index (Phi) is 3.84. The van der Waals surface area contributed by atoms with Crippen LogP contribution in [0.4, 0.5) is 0 Å². The fraction of sp³-hybridized carbons (Fsp3) is 0.250. The maximum absolute atomic E-state index is 12.4. The Morgan fingerprint density at radius 3 is 2.45 bits per heavy atom. The lowest BCUT2D eigenvalue weighted by atomic mass is 10.0. The van der Waals surface area contributed by atoms with Crippen LogP contribution in [0.25, 0.3) is 10.9 Å². The molecule has 0 aliphatic rings. The van der Waals surface area contributed by atoms with Crippen molar-refractivity contribution < 1.29 is 4.79 Å². The molecular weight excluding hydrogens is 270 g/mol. The maximum Gasteiger partial charge on any atom is 0.167 e. The van der Waals surface area contributed by atoms with Crippen LogP contribution < -0.4 is 0 Å². The Balaban J connectivity index is 1.84. The zero-order chi connectivity index (χ0) is 15.7. The number of aromatic nitrogens is 1. The van der Waals surface area contributed by atoms with Gasteiger partial charge in [-0.3, -0.25) is 4.79 Å². The number of carbonyl (C=O) groups is 1. The number of ketones is 1. The molecule has 3 aromatic rings. The first kappa shape index (κ1) is 14.6. The van der Waals surface area contributed by atoms with Crippen molar-refractivity contribution in [2.45, 2.75) is 33.1 Å². The molecule has 1 heterocycles. The monoisotopic (exact) mass is 291 g/mol. The zero-order valence-corrected chi connectivity index (χ0v) is 13.3. The van der Waals surface area contributed by atoms with Gasteiger partial charge in [0.1, 0.15) is 0 Å². The molecule has 0 fully saturated rings. The lowest BCUT2D eigenvalue weighted by Gasteiger charge is -2.03. The molecule has 112 valence electrons. The van der Waals surface area contributed by atoms with Crippen LogP contribution in [-0.4, -0.2) is 10.8 Å². The summed E-state index contributed by atoms with van der Waals surface area (Å²) in [5, 5.41) is 1.18. The van der Waals surface area contributed by atoms with E-state index in [1.807, 2.05) is 37.3 Å². The number of hydrogen-bond acceptors (Lipinski definition) is 1. The Bertz CT molecular complexity index is 809. The standard InChI is InChI=1S/C20H21NO/c1-13(2)19-12-17-10-15(6-9-18(17)21-19)11-20(22)16-7-4-14(3)5-8-16/h4-10,12-13,21H,11H2,1-3H3. The first-order chi connectivity index (χ1) is 10.5. The van der Waals surface area contributed by atoms with Crippen molar-refractivity contribution in [1.29, 1.82) is 0 Å².